The van der Waals surface area contributed by atoms with Crippen LogP contribution in [-0.2, 0) is 66.7 Å². The van der Waals surface area contributed by atoms with Gasteiger partial charge in [-0.25, -0.2) is 4.79 Å². The highest BCUT2D eigenvalue weighted by molar-refractivity contribution is 5.84. The second-order valence-electron chi connectivity index (χ2n) is 7.93. The predicted octanol–water partition coefficient (Wildman–Crippen LogP) is -0.229. The lowest BCUT2D eigenvalue weighted by atomic mass is 9.80. The zero-order valence-corrected chi connectivity index (χ0v) is 21.0. The summed E-state index contributed by atoms with van der Waals surface area (Å²) in [6, 6.07) is 0. The molecule has 0 bridgehead atoms. The summed E-state index contributed by atoms with van der Waals surface area (Å²) in [5.74, 6) is -10.3. The lowest BCUT2D eigenvalue weighted by Gasteiger charge is -2.47. The van der Waals surface area contributed by atoms with E-state index in [9.17, 15) is 33.6 Å². The van der Waals surface area contributed by atoms with Gasteiger partial charge in [0.25, 0.3) is 0 Å². The number of rotatable bonds is 10. The van der Waals surface area contributed by atoms with Crippen LogP contribution in [-0.4, -0.2) is 85.5 Å². The fraction of sp³-hybridized carbons (Fsp3) is 0.682. The van der Waals surface area contributed by atoms with Crippen LogP contribution in [0.5, 0.6) is 0 Å². The van der Waals surface area contributed by atoms with Gasteiger partial charge in [-0.15, -0.1) is 0 Å². The Labute approximate surface area is 206 Å². The van der Waals surface area contributed by atoms with Crippen molar-refractivity contribution in [1.82, 2.24) is 0 Å². The molecule has 0 aromatic carbocycles. The molecule has 1 heterocycles. The summed E-state index contributed by atoms with van der Waals surface area (Å²) >= 11 is 0. The van der Waals surface area contributed by atoms with Crippen molar-refractivity contribution in [2.75, 3.05) is 13.7 Å². The van der Waals surface area contributed by atoms with Gasteiger partial charge in [0.2, 0.25) is 0 Å². The molecule has 1 aliphatic rings. The molecule has 0 N–H and O–H groups in total. The molecule has 1 rings (SSSR count). The van der Waals surface area contributed by atoms with Crippen molar-refractivity contribution in [3.05, 3.63) is 0 Å². The topological polar surface area (TPSA) is 184 Å². The molecule has 0 spiro atoms. The molecule has 14 nitrogen and oxygen atoms in total. The van der Waals surface area contributed by atoms with Crippen molar-refractivity contribution in [2.24, 2.45) is 5.92 Å². The monoisotopic (exact) mass is 518 g/mol. The molecule has 0 aromatic rings. The average molecular weight is 518 g/mol. The van der Waals surface area contributed by atoms with Gasteiger partial charge in [-0.3, -0.25) is 28.8 Å². The van der Waals surface area contributed by atoms with Crippen LogP contribution in [0.3, 0.4) is 0 Å². The number of carbonyl (C=O) groups is 7. The van der Waals surface area contributed by atoms with Gasteiger partial charge in [0, 0.05) is 34.6 Å². The maximum Gasteiger partial charge on any atom is 0.379 e. The fourth-order valence-corrected chi connectivity index (χ4v) is 3.82. The highest BCUT2D eigenvalue weighted by Crippen LogP contribution is 2.40. The molecule has 36 heavy (non-hydrogen) atoms. The number of esters is 6. The smallest absolute Gasteiger partial charge is 0.379 e. The first-order valence-corrected chi connectivity index (χ1v) is 10.7. The lowest BCUT2D eigenvalue weighted by molar-refractivity contribution is -0.308. The Morgan fingerprint density at radius 2 is 1.42 bits per heavy atom. The van der Waals surface area contributed by atoms with Crippen molar-refractivity contribution in [3.63, 3.8) is 0 Å². The molecule has 0 amide bonds. The van der Waals surface area contributed by atoms with Crippen molar-refractivity contribution in [2.45, 2.75) is 78.2 Å². The van der Waals surface area contributed by atoms with E-state index in [4.69, 9.17) is 33.2 Å². The van der Waals surface area contributed by atoms with Crippen molar-refractivity contribution in [1.29, 1.82) is 0 Å². The van der Waals surface area contributed by atoms with Gasteiger partial charge in [0.15, 0.2) is 12.2 Å². The molecular weight excluding hydrogens is 488 g/mol. The normalized spacial score (nSPS) is 24.8. The Kier molecular flexibility index (Phi) is 11.0. The highest BCUT2D eigenvalue weighted by atomic mass is 16.8. The Bertz CT molecular complexity index is 895. The summed E-state index contributed by atoms with van der Waals surface area (Å²) in [6.45, 7) is 5.57. The molecule has 14 heteroatoms. The minimum atomic E-state index is -2.54. The third-order valence-corrected chi connectivity index (χ3v) is 4.90. The number of methoxy groups -OCH3 is 1. The second-order valence-corrected chi connectivity index (χ2v) is 7.93. The zero-order valence-electron chi connectivity index (χ0n) is 21.0. The van der Waals surface area contributed by atoms with E-state index < -0.39 is 90.7 Å². The van der Waals surface area contributed by atoms with E-state index in [0.717, 1.165) is 48.7 Å². The average Bonchev–Trinajstić information content (AvgIpc) is 2.72. The van der Waals surface area contributed by atoms with Crippen LogP contribution < -0.4 is 0 Å². The Balaban J connectivity index is 3.80. The maximum atomic E-state index is 12.8. The van der Waals surface area contributed by atoms with Gasteiger partial charge in [0.05, 0.1) is 19.4 Å². The Hall–Kier alpha value is -3.55. The van der Waals surface area contributed by atoms with Gasteiger partial charge in [-0.05, 0) is 6.92 Å². The number of Topliss-reactive ketones (excluding diaryl/α,β-unsaturated/α-hetero) is 1. The minimum Gasteiger partial charge on any atom is -0.464 e. The molecule has 4 unspecified atom stereocenters. The van der Waals surface area contributed by atoms with Crippen molar-refractivity contribution >= 4 is 41.6 Å². The molecule has 202 valence electrons. The van der Waals surface area contributed by atoms with Crippen LogP contribution in [0.1, 0.15) is 48.0 Å². The lowest BCUT2D eigenvalue weighted by Crippen LogP contribution is -2.65. The molecule has 1 aliphatic heterocycles. The number of hydrogen-bond acceptors (Lipinski definition) is 14. The summed E-state index contributed by atoms with van der Waals surface area (Å²) in [5, 5.41) is 0. The molecular formula is C22H30O14. The van der Waals surface area contributed by atoms with Gasteiger partial charge >= 0.3 is 41.6 Å². The SMILES string of the molecule is COC(=O)[C@]1(OC(C)=O)CC(OC(C)=O)[C@@H](C(C)=O)C(C(OC(C)=O)C(COC(C)=O)OC(C)=O)O1. The summed E-state index contributed by atoms with van der Waals surface area (Å²) < 4.78 is 36.4. The second kappa shape index (κ2) is 13.0. The summed E-state index contributed by atoms with van der Waals surface area (Å²) in [4.78, 5) is 84.5. The van der Waals surface area contributed by atoms with E-state index in [1.165, 1.54) is 0 Å². The van der Waals surface area contributed by atoms with E-state index in [1.54, 1.807) is 0 Å². The molecule has 6 atom stereocenters. The van der Waals surface area contributed by atoms with Gasteiger partial charge in [-0.1, -0.05) is 0 Å². The third kappa shape index (κ3) is 8.29. The van der Waals surface area contributed by atoms with Crippen LogP contribution in [0, 0.1) is 5.92 Å². The molecule has 0 saturated carbocycles. The number of carbonyl (C=O) groups excluding carboxylic acids is 7. The van der Waals surface area contributed by atoms with Gasteiger partial charge in [-0.2, -0.15) is 0 Å². The van der Waals surface area contributed by atoms with Gasteiger partial charge in [0.1, 0.15) is 24.6 Å². The number of hydrogen-bond donors (Lipinski definition) is 0. The minimum absolute atomic E-state index is 0.640. The van der Waals surface area contributed by atoms with E-state index in [1.807, 2.05) is 0 Å². The third-order valence-electron chi connectivity index (χ3n) is 4.90. The number of ketones is 1. The summed E-state index contributed by atoms with van der Waals surface area (Å²) in [6.07, 6.45) is -7.07. The zero-order chi connectivity index (χ0) is 27.8. The first-order valence-electron chi connectivity index (χ1n) is 10.7. The highest BCUT2D eigenvalue weighted by Gasteiger charge is 2.61. The first-order chi connectivity index (χ1) is 16.6. The fourth-order valence-electron chi connectivity index (χ4n) is 3.82. The predicted molar refractivity (Wildman–Crippen MR) is 113 cm³/mol. The molecule has 0 aromatic heterocycles. The summed E-state index contributed by atoms with van der Waals surface area (Å²) in [5.41, 5.74) is 0. The Morgan fingerprint density at radius 3 is 1.83 bits per heavy atom. The van der Waals surface area contributed by atoms with E-state index in [0.29, 0.717) is 0 Å². The Morgan fingerprint density at radius 1 is 0.833 bits per heavy atom. The quantitative estimate of drug-likeness (QED) is 0.273. The van der Waals surface area contributed by atoms with Crippen LogP contribution in [0.2, 0.25) is 0 Å². The van der Waals surface area contributed by atoms with E-state index in [-0.39, 0.29) is 0 Å². The molecule has 0 radical (unpaired) electrons. The van der Waals surface area contributed by atoms with E-state index >= 15 is 0 Å². The number of ether oxygens (including phenoxy) is 7. The molecule has 0 aliphatic carbocycles. The van der Waals surface area contributed by atoms with Crippen molar-refractivity contribution < 1.29 is 66.7 Å². The summed E-state index contributed by atoms with van der Waals surface area (Å²) in [7, 11) is 0.968. The van der Waals surface area contributed by atoms with Crippen molar-refractivity contribution in [3.8, 4) is 0 Å². The molecule has 1 saturated heterocycles. The molecule has 1 fully saturated rings. The van der Waals surface area contributed by atoms with E-state index in [2.05, 4.69) is 0 Å². The van der Waals surface area contributed by atoms with Crippen LogP contribution >= 0.6 is 0 Å². The standard InChI is InChI=1S/C22H30O14/c1-10(23)18-16(32-12(3)25)8-22(21(29)30-7,35-15(6)28)36-20(18)19(34-14(5)27)17(33-13(4)26)9-31-11(2)24/h16-20H,8-9H2,1-7H3/t16?,17?,18-,19?,20?,22+/m1/s1. The largest absolute Gasteiger partial charge is 0.464 e. The van der Waals surface area contributed by atoms with Crippen LogP contribution in [0.15, 0.2) is 0 Å². The maximum absolute atomic E-state index is 12.8. The van der Waals surface area contributed by atoms with Crippen LogP contribution in [0.4, 0.5) is 0 Å². The van der Waals surface area contributed by atoms with Crippen LogP contribution in [0.25, 0.3) is 0 Å². The van der Waals surface area contributed by atoms with Gasteiger partial charge < -0.3 is 33.2 Å². The first kappa shape index (κ1) is 30.5.